The zero-order valence-corrected chi connectivity index (χ0v) is 15.9. The minimum atomic E-state index is -0.359. The van der Waals surface area contributed by atoms with Crippen molar-refractivity contribution in [3.05, 3.63) is 53.7 Å². The van der Waals surface area contributed by atoms with Crippen molar-refractivity contribution in [3.63, 3.8) is 0 Å². The van der Waals surface area contributed by atoms with Crippen LogP contribution in [0, 0.1) is 12.7 Å². The first-order chi connectivity index (χ1) is 14.1. The van der Waals surface area contributed by atoms with Crippen LogP contribution in [0.25, 0.3) is 11.3 Å². The number of benzene rings is 1. The van der Waals surface area contributed by atoms with Gasteiger partial charge in [0.15, 0.2) is 5.82 Å². The molecule has 0 bridgehead atoms. The Labute approximate surface area is 166 Å². The lowest BCUT2D eigenvalue weighted by atomic mass is 10.1. The molecule has 0 spiro atoms. The van der Waals surface area contributed by atoms with Gasteiger partial charge in [0, 0.05) is 6.07 Å². The monoisotopic (exact) mass is 396 g/mol. The van der Waals surface area contributed by atoms with Crippen molar-refractivity contribution in [2.24, 2.45) is 4.99 Å². The molecular weight excluding hydrogens is 375 g/mol. The van der Waals surface area contributed by atoms with Gasteiger partial charge in [-0.1, -0.05) is 18.0 Å². The average molecular weight is 396 g/mol. The molecular formula is C20H21FN6O2. The van der Waals surface area contributed by atoms with E-state index in [1.165, 1.54) is 18.3 Å². The Morgan fingerprint density at radius 2 is 2.03 bits per heavy atom. The van der Waals surface area contributed by atoms with Crippen LogP contribution in [0.5, 0.6) is 0 Å². The molecule has 0 unspecified atom stereocenters. The third-order valence-corrected chi connectivity index (χ3v) is 4.84. The first-order valence-electron chi connectivity index (χ1n) is 9.47. The summed E-state index contributed by atoms with van der Waals surface area (Å²) in [7, 11) is 0. The number of aromatic amines is 1. The smallest absolute Gasteiger partial charge is 0.263 e. The van der Waals surface area contributed by atoms with E-state index in [1.54, 1.807) is 25.1 Å². The minimum absolute atomic E-state index is 0.150. The van der Waals surface area contributed by atoms with E-state index in [-0.39, 0.29) is 17.8 Å². The van der Waals surface area contributed by atoms with E-state index in [0.717, 1.165) is 31.2 Å². The number of H-pyrrole nitrogens is 1. The van der Waals surface area contributed by atoms with Crippen LogP contribution < -0.4 is 10.6 Å². The number of carbonyl (C=O) groups excluding carboxylic acids is 1. The molecule has 3 N–H and O–H groups in total. The van der Waals surface area contributed by atoms with Gasteiger partial charge in [-0.25, -0.2) is 9.38 Å². The van der Waals surface area contributed by atoms with Gasteiger partial charge in [0.1, 0.15) is 17.1 Å². The molecule has 4 rings (SSSR count). The van der Waals surface area contributed by atoms with Crippen molar-refractivity contribution >= 4 is 17.7 Å². The third-order valence-electron chi connectivity index (χ3n) is 4.84. The molecule has 3 aromatic rings. The molecule has 1 aromatic carbocycles. The summed E-state index contributed by atoms with van der Waals surface area (Å²) < 4.78 is 18.1. The third kappa shape index (κ3) is 4.50. The summed E-state index contributed by atoms with van der Waals surface area (Å²) in [5.74, 6) is 0.579. The van der Waals surface area contributed by atoms with Gasteiger partial charge in [-0.05, 0) is 49.6 Å². The van der Waals surface area contributed by atoms with Crippen molar-refractivity contribution in [2.45, 2.75) is 38.6 Å². The number of aromatic nitrogens is 3. The summed E-state index contributed by atoms with van der Waals surface area (Å²) in [6.07, 6.45) is 5.58. The number of aryl methyl sites for hydroxylation is 1. The summed E-state index contributed by atoms with van der Waals surface area (Å²) >= 11 is 0. The van der Waals surface area contributed by atoms with Crippen LogP contribution >= 0.6 is 0 Å². The van der Waals surface area contributed by atoms with Gasteiger partial charge in [0.25, 0.3) is 5.91 Å². The molecule has 29 heavy (non-hydrogen) atoms. The number of amides is 1. The number of nitrogens with one attached hydrogen (secondary N) is 3. The van der Waals surface area contributed by atoms with Crippen molar-refractivity contribution in [1.82, 2.24) is 20.7 Å². The molecule has 1 aliphatic carbocycles. The van der Waals surface area contributed by atoms with Crippen LogP contribution in [0.2, 0.25) is 0 Å². The highest BCUT2D eigenvalue weighted by molar-refractivity contribution is 6.10. The van der Waals surface area contributed by atoms with Crippen LogP contribution in [-0.2, 0) is 0 Å². The van der Waals surface area contributed by atoms with Gasteiger partial charge in [0.05, 0.1) is 17.9 Å². The first-order valence-corrected chi connectivity index (χ1v) is 9.47. The van der Waals surface area contributed by atoms with Crippen molar-refractivity contribution in [1.29, 1.82) is 0 Å². The second kappa shape index (κ2) is 8.26. The highest BCUT2D eigenvalue weighted by Crippen LogP contribution is 2.22. The van der Waals surface area contributed by atoms with Gasteiger partial charge in [-0.15, -0.1) is 0 Å². The zero-order valence-electron chi connectivity index (χ0n) is 15.9. The standard InChI is InChI=1S/C20H21FN6O2/c1-12-16(11-22-29-12)19(28)25-20(23-15-4-2-3-5-15)24-18-10-17(26-27-18)13-6-8-14(21)9-7-13/h6-11,15H,2-5H2,1H3,(H3,23,24,25,26,27,28). The second-order valence-corrected chi connectivity index (χ2v) is 6.96. The molecule has 1 amide bonds. The van der Waals surface area contributed by atoms with Crippen molar-refractivity contribution in [2.75, 3.05) is 5.32 Å². The van der Waals surface area contributed by atoms with Gasteiger partial charge in [-0.2, -0.15) is 5.10 Å². The number of guanidine groups is 1. The average Bonchev–Trinajstić information content (AvgIpc) is 3.45. The van der Waals surface area contributed by atoms with Gasteiger partial charge in [-0.3, -0.25) is 15.2 Å². The molecule has 0 saturated heterocycles. The number of rotatable bonds is 4. The molecule has 0 atom stereocenters. The van der Waals surface area contributed by atoms with Crippen LogP contribution in [0.4, 0.5) is 10.2 Å². The van der Waals surface area contributed by atoms with Crippen molar-refractivity contribution < 1.29 is 13.7 Å². The lowest BCUT2D eigenvalue weighted by Crippen LogP contribution is -2.37. The maximum atomic E-state index is 13.1. The fourth-order valence-corrected chi connectivity index (χ4v) is 3.29. The SMILES string of the molecule is Cc1oncc1C(=O)NC(=NC1CCCC1)Nc1cc(-c2ccc(F)cc2)[nH]n1. The van der Waals surface area contributed by atoms with Crippen molar-refractivity contribution in [3.8, 4) is 11.3 Å². The fourth-order valence-electron chi connectivity index (χ4n) is 3.29. The molecule has 150 valence electrons. The molecule has 2 aromatic heterocycles. The molecule has 0 radical (unpaired) electrons. The Balaban J connectivity index is 1.53. The van der Waals surface area contributed by atoms with Crippen LogP contribution in [-0.4, -0.2) is 33.3 Å². The minimum Gasteiger partial charge on any atom is -0.361 e. The Kier molecular flexibility index (Phi) is 5.37. The fraction of sp³-hybridized carbons (Fsp3) is 0.300. The molecule has 9 heteroatoms. The number of nitrogens with zero attached hydrogens (tertiary/aromatic N) is 3. The summed E-state index contributed by atoms with van der Waals surface area (Å²) in [5.41, 5.74) is 1.86. The van der Waals surface area contributed by atoms with Crippen LogP contribution in [0.15, 0.2) is 46.0 Å². The number of halogens is 1. The van der Waals surface area contributed by atoms with E-state index in [0.29, 0.717) is 28.8 Å². The van der Waals surface area contributed by atoms with Gasteiger partial charge in [0.2, 0.25) is 5.96 Å². The van der Waals surface area contributed by atoms with E-state index in [4.69, 9.17) is 4.52 Å². The Hall–Kier alpha value is -3.49. The van der Waals surface area contributed by atoms with Gasteiger partial charge < -0.3 is 9.84 Å². The Bertz CT molecular complexity index is 1020. The maximum absolute atomic E-state index is 13.1. The van der Waals surface area contributed by atoms with E-state index in [9.17, 15) is 9.18 Å². The Morgan fingerprint density at radius 1 is 1.28 bits per heavy atom. The largest absolute Gasteiger partial charge is 0.361 e. The molecule has 1 aliphatic rings. The molecule has 0 aliphatic heterocycles. The summed E-state index contributed by atoms with van der Waals surface area (Å²) in [5, 5.41) is 16.6. The van der Waals surface area contributed by atoms with Crippen LogP contribution in [0.3, 0.4) is 0 Å². The number of carbonyl (C=O) groups is 1. The normalized spacial score (nSPS) is 14.9. The number of hydrogen-bond donors (Lipinski definition) is 3. The zero-order chi connectivity index (χ0) is 20.2. The molecule has 1 fully saturated rings. The predicted octanol–water partition coefficient (Wildman–Crippen LogP) is 3.65. The van der Waals surface area contributed by atoms with E-state index < -0.39 is 0 Å². The number of anilines is 1. The van der Waals surface area contributed by atoms with E-state index >= 15 is 0 Å². The molecule has 2 heterocycles. The van der Waals surface area contributed by atoms with Crippen LogP contribution in [0.1, 0.15) is 41.8 Å². The summed E-state index contributed by atoms with van der Waals surface area (Å²) in [6.45, 7) is 1.67. The second-order valence-electron chi connectivity index (χ2n) is 6.96. The van der Waals surface area contributed by atoms with E-state index in [1.807, 2.05) is 0 Å². The lowest BCUT2D eigenvalue weighted by Gasteiger charge is -2.12. The van der Waals surface area contributed by atoms with Gasteiger partial charge >= 0.3 is 0 Å². The summed E-state index contributed by atoms with van der Waals surface area (Å²) in [6, 6.07) is 8.02. The highest BCUT2D eigenvalue weighted by Gasteiger charge is 2.19. The summed E-state index contributed by atoms with van der Waals surface area (Å²) in [4.78, 5) is 17.2. The maximum Gasteiger partial charge on any atom is 0.263 e. The number of hydrogen-bond acceptors (Lipinski definition) is 5. The predicted molar refractivity (Wildman–Crippen MR) is 106 cm³/mol. The molecule has 1 saturated carbocycles. The quantitative estimate of drug-likeness (QED) is 0.461. The Morgan fingerprint density at radius 3 is 2.72 bits per heavy atom. The topological polar surface area (TPSA) is 108 Å². The molecule has 8 nitrogen and oxygen atoms in total. The first kappa shape index (κ1) is 18.9. The lowest BCUT2D eigenvalue weighted by molar-refractivity contribution is 0.0975. The number of aliphatic imine (C=N–C) groups is 1. The highest BCUT2D eigenvalue weighted by atomic mass is 19.1. The van der Waals surface area contributed by atoms with E-state index in [2.05, 4.69) is 31.0 Å².